The molecule has 0 aliphatic carbocycles. The average Bonchev–Trinajstić information content (AvgIpc) is 2.78. The maximum absolute atomic E-state index is 12.5. The van der Waals surface area contributed by atoms with E-state index in [9.17, 15) is 14.9 Å². The molecule has 4 nitrogen and oxygen atoms in total. The molecule has 0 saturated carbocycles. The molecule has 0 unspecified atom stereocenters. The van der Waals surface area contributed by atoms with Gasteiger partial charge in [0, 0.05) is 16.9 Å². The molecule has 0 aliphatic heterocycles. The Hall–Kier alpha value is -1.97. The van der Waals surface area contributed by atoms with Crippen LogP contribution in [0.2, 0.25) is 0 Å². The third kappa shape index (κ3) is 3.74. The van der Waals surface area contributed by atoms with E-state index < -0.39 is 5.41 Å². The number of Topliss-reactive ketones (excluding diaryl/α,β-unsaturated/α-hetero) is 1. The van der Waals surface area contributed by atoms with E-state index in [0.29, 0.717) is 9.20 Å². The van der Waals surface area contributed by atoms with Gasteiger partial charge in [-0.05, 0) is 23.8 Å². The predicted molar refractivity (Wildman–Crippen MR) is 100 cm³/mol. The number of rotatable bonds is 2. The number of nitrogens with zero attached hydrogens (tertiary/aromatic N) is 2. The average molecular weight is 405 g/mol. The summed E-state index contributed by atoms with van der Waals surface area (Å²) in [4.78, 5) is 24.9. The molecule has 0 aliphatic rings. The van der Waals surface area contributed by atoms with Crippen LogP contribution in [-0.4, -0.2) is 10.4 Å². The molecule has 0 N–H and O–H groups in total. The molecule has 0 spiro atoms. The van der Waals surface area contributed by atoms with Crippen LogP contribution in [0.3, 0.4) is 0 Å². The van der Waals surface area contributed by atoms with Crippen molar-refractivity contribution in [3.05, 3.63) is 53.9 Å². The lowest BCUT2D eigenvalue weighted by Crippen LogP contribution is -2.32. The van der Waals surface area contributed by atoms with E-state index in [4.69, 9.17) is 0 Å². The highest BCUT2D eigenvalue weighted by Crippen LogP contribution is 2.19. The van der Waals surface area contributed by atoms with Crippen molar-refractivity contribution in [2.75, 3.05) is 0 Å². The molecule has 6 heteroatoms. The molecular weight excluding hydrogens is 388 g/mol. The summed E-state index contributed by atoms with van der Waals surface area (Å²) in [6, 6.07) is 9.53. The number of hydrogen-bond donors (Lipinski definition) is 0. The molecule has 0 radical (unpaired) electrons. The van der Waals surface area contributed by atoms with Crippen LogP contribution in [0, 0.1) is 16.7 Å². The lowest BCUT2D eigenvalue weighted by molar-refractivity contribution is -0.120. The largest absolute Gasteiger partial charge is 0.301 e. The summed E-state index contributed by atoms with van der Waals surface area (Å²) in [5, 5.41) is 9.43. The third-order valence-corrected chi connectivity index (χ3v) is 5.14. The summed E-state index contributed by atoms with van der Waals surface area (Å²) in [5.41, 5.74) is 0.0139. The summed E-state index contributed by atoms with van der Waals surface area (Å²) in [7, 11) is 1.58. The van der Waals surface area contributed by atoms with Gasteiger partial charge in [0.25, 0.3) is 5.56 Å². The fraction of sp³-hybridized carbons (Fsp3) is 0.278. The van der Waals surface area contributed by atoms with Crippen molar-refractivity contribution in [3.8, 4) is 6.07 Å². The van der Waals surface area contributed by atoms with Crippen molar-refractivity contribution < 1.29 is 4.79 Å². The van der Waals surface area contributed by atoms with E-state index in [0.717, 1.165) is 10.0 Å². The second-order valence-electron chi connectivity index (χ2n) is 6.40. The van der Waals surface area contributed by atoms with Crippen molar-refractivity contribution in [2.45, 2.75) is 20.8 Å². The number of benzene rings is 1. The Morgan fingerprint density at radius 1 is 1.29 bits per heavy atom. The highest BCUT2D eigenvalue weighted by Gasteiger charge is 2.26. The Labute approximate surface area is 152 Å². The van der Waals surface area contributed by atoms with Crippen LogP contribution in [0.1, 0.15) is 26.3 Å². The lowest BCUT2D eigenvalue weighted by Gasteiger charge is -2.15. The Morgan fingerprint density at radius 2 is 1.88 bits per heavy atom. The van der Waals surface area contributed by atoms with Gasteiger partial charge in [0.15, 0.2) is 5.78 Å². The first-order valence-electron chi connectivity index (χ1n) is 7.27. The molecule has 1 aromatic carbocycles. The number of thiazole rings is 1. The molecule has 0 atom stereocenters. The first-order valence-corrected chi connectivity index (χ1v) is 8.88. The number of hydrogen-bond acceptors (Lipinski definition) is 4. The molecule has 0 fully saturated rings. The lowest BCUT2D eigenvalue weighted by atomic mass is 9.87. The summed E-state index contributed by atoms with van der Waals surface area (Å²) < 4.78 is 3.21. The van der Waals surface area contributed by atoms with Crippen LogP contribution in [0.4, 0.5) is 0 Å². The van der Waals surface area contributed by atoms with E-state index in [2.05, 4.69) is 15.9 Å². The summed E-state index contributed by atoms with van der Waals surface area (Å²) in [6.45, 7) is 5.27. The molecule has 124 valence electrons. The third-order valence-electron chi connectivity index (χ3n) is 3.43. The van der Waals surface area contributed by atoms with Gasteiger partial charge >= 0.3 is 0 Å². The number of aromatic nitrogens is 1. The monoisotopic (exact) mass is 404 g/mol. The van der Waals surface area contributed by atoms with E-state index in [1.165, 1.54) is 15.9 Å². The highest BCUT2D eigenvalue weighted by molar-refractivity contribution is 9.10. The Morgan fingerprint density at radius 3 is 2.38 bits per heavy atom. The van der Waals surface area contributed by atoms with Crippen LogP contribution >= 0.6 is 27.3 Å². The highest BCUT2D eigenvalue weighted by atomic mass is 79.9. The molecule has 2 aromatic rings. The van der Waals surface area contributed by atoms with Gasteiger partial charge in [-0.1, -0.05) is 48.8 Å². The standard InChI is InChI=1S/C18H17BrN2O2S/c1-18(2,3)15(22)13(10-20)17-21(4)16(23)14(24-17)9-11-5-7-12(19)8-6-11/h5-9H,1-4H3/b14-9+,17-13-. The van der Waals surface area contributed by atoms with Crippen molar-refractivity contribution >= 4 is 44.7 Å². The van der Waals surface area contributed by atoms with Gasteiger partial charge in [0.2, 0.25) is 0 Å². The topological polar surface area (TPSA) is 62.9 Å². The van der Waals surface area contributed by atoms with Gasteiger partial charge in [-0.3, -0.25) is 9.59 Å². The fourth-order valence-electron chi connectivity index (χ4n) is 2.06. The molecule has 1 aromatic heterocycles. The molecule has 0 bridgehead atoms. The van der Waals surface area contributed by atoms with Crippen LogP contribution in [0.25, 0.3) is 11.6 Å². The first-order chi connectivity index (χ1) is 11.1. The van der Waals surface area contributed by atoms with Crippen LogP contribution in [-0.2, 0) is 11.8 Å². The number of carbonyl (C=O) groups excluding carboxylic acids is 1. The predicted octanol–water partition coefficient (Wildman–Crippen LogP) is 2.33. The SMILES string of the molecule is Cn1c(=O)/c(=C\c2ccc(Br)cc2)s/c1=C(/C#N)C(=O)C(C)(C)C. The minimum absolute atomic E-state index is 0.0301. The summed E-state index contributed by atoms with van der Waals surface area (Å²) in [6.07, 6.45) is 1.76. The normalized spacial score (nSPS) is 13.6. The summed E-state index contributed by atoms with van der Waals surface area (Å²) in [5.74, 6) is -0.267. The second kappa shape index (κ2) is 6.88. The van der Waals surface area contributed by atoms with Crippen LogP contribution in [0.15, 0.2) is 33.5 Å². The molecule has 0 amide bonds. The minimum atomic E-state index is -0.680. The zero-order valence-corrected chi connectivity index (χ0v) is 16.3. The van der Waals surface area contributed by atoms with Gasteiger partial charge in [0.05, 0.1) is 4.53 Å². The number of ketones is 1. The Bertz CT molecular complexity index is 1000. The molecular formula is C18H17BrN2O2S. The van der Waals surface area contributed by atoms with Gasteiger partial charge in [-0.15, -0.1) is 11.3 Å². The van der Waals surface area contributed by atoms with E-state index in [1.54, 1.807) is 33.9 Å². The van der Waals surface area contributed by atoms with Gasteiger partial charge in [-0.25, -0.2) is 0 Å². The fourth-order valence-corrected chi connectivity index (χ4v) is 3.42. The van der Waals surface area contributed by atoms with Crippen molar-refractivity contribution in [3.63, 3.8) is 0 Å². The zero-order valence-electron chi connectivity index (χ0n) is 13.9. The van der Waals surface area contributed by atoms with Gasteiger partial charge < -0.3 is 4.57 Å². The maximum Gasteiger partial charge on any atom is 0.268 e. The Kier molecular flexibility index (Phi) is 5.26. The second-order valence-corrected chi connectivity index (χ2v) is 8.34. The smallest absolute Gasteiger partial charge is 0.268 e. The van der Waals surface area contributed by atoms with Gasteiger partial charge in [-0.2, -0.15) is 5.26 Å². The number of carbonyl (C=O) groups is 1. The molecule has 0 saturated heterocycles. The van der Waals surface area contributed by atoms with Crippen molar-refractivity contribution in [1.29, 1.82) is 5.26 Å². The van der Waals surface area contributed by atoms with Crippen LogP contribution < -0.4 is 14.8 Å². The van der Waals surface area contributed by atoms with Gasteiger partial charge in [0.1, 0.15) is 16.3 Å². The van der Waals surface area contributed by atoms with E-state index >= 15 is 0 Å². The Balaban J connectivity index is 2.75. The van der Waals surface area contributed by atoms with Crippen molar-refractivity contribution in [2.24, 2.45) is 12.5 Å². The van der Waals surface area contributed by atoms with E-state index in [-0.39, 0.29) is 16.9 Å². The summed E-state index contributed by atoms with van der Waals surface area (Å²) >= 11 is 4.54. The number of halogens is 1. The first kappa shape index (κ1) is 18.4. The molecule has 1 heterocycles. The van der Waals surface area contributed by atoms with Crippen molar-refractivity contribution in [1.82, 2.24) is 4.57 Å². The number of nitriles is 1. The molecule has 24 heavy (non-hydrogen) atoms. The minimum Gasteiger partial charge on any atom is -0.301 e. The quantitative estimate of drug-likeness (QED) is 0.771. The van der Waals surface area contributed by atoms with E-state index in [1.807, 2.05) is 30.3 Å². The molecule has 2 rings (SSSR count). The maximum atomic E-state index is 12.5. The van der Waals surface area contributed by atoms with Crippen LogP contribution in [0.5, 0.6) is 0 Å². The zero-order chi connectivity index (χ0) is 18.1.